The van der Waals surface area contributed by atoms with Crippen molar-refractivity contribution in [2.45, 2.75) is 0 Å². The Morgan fingerprint density at radius 2 is 1.06 bits per heavy atom. The number of rotatable bonds is 4. The van der Waals surface area contributed by atoms with Gasteiger partial charge in [0.25, 0.3) is 0 Å². The van der Waals surface area contributed by atoms with Crippen molar-refractivity contribution in [3.63, 3.8) is 0 Å². The van der Waals surface area contributed by atoms with Gasteiger partial charge in [0, 0.05) is 64.5 Å². The molecule has 0 atom stereocenters. The minimum absolute atomic E-state index is 1.14. The van der Waals surface area contributed by atoms with Gasteiger partial charge in [-0.25, -0.2) is 0 Å². The molecule has 0 spiro atoms. The number of benzene rings is 8. The number of hydrogen-bond donors (Lipinski definition) is 0. The van der Waals surface area contributed by atoms with E-state index in [1.165, 1.54) is 69.2 Å². The van der Waals surface area contributed by atoms with Crippen LogP contribution >= 0.6 is 11.3 Å². The highest BCUT2D eigenvalue weighted by Gasteiger charge is 2.23. The maximum atomic E-state index is 2.49. The van der Waals surface area contributed by atoms with Gasteiger partial charge in [-0.1, -0.05) is 109 Å². The molecule has 0 saturated heterocycles. The average molecular weight is 617 g/mol. The van der Waals surface area contributed by atoms with Crippen molar-refractivity contribution in [3.8, 4) is 5.69 Å². The second kappa shape index (κ2) is 10.3. The number of hydrogen-bond acceptors (Lipinski definition) is 2. The van der Waals surface area contributed by atoms with Gasteiger partial charge in [-0.15, -0.1) is 11.3 Å². The minimum atomic E-state index is 1.14. The predicted molar refractivity (Wildman–Crippen MR) is 203 cm³/mol. The van der Waals surface area contributed by atoms with E-state index in [1.54, 1.807) is 0 Å². The lowest BCUT2D eigenvalue weighted by Gasteiger charge is -2.25. The summed E-state index contributed by atoms with van der Waals surface area (Å²) in [6, 6.07) is 61.7. The Morgan fingerprint density at radius 3 is 1.83 bits per heavy atom. The lowest BCUT2D eigenvalue weighted by Crippen LogP contribution is -2.09. The van der Waals surface area contributed by atoms with Gasteiger partial charge in [0.15, 0.2) is 0 Å². The Morgan fingerprint density at radius 1 is 0.426 bits per heavy atom. The Kier molecular flexibility index (Phi) is 5.78. The number of para-hydroxylation sites is 3. The van der Waals surface area contributed by atoms with Crippen LogP contribution in [0, 0.1) is 0 Å². The van der Waals surface area contributed by atoms with E-state index in [2.05, 4.69) is 179 Å². The third kappa shape index (κ3) is 3.97. The van der Waals surface area contributed by atoms with Crippen LogP contribution < -0.4 is 4.90 Å². The molecule has 0 unspecified atom stereocenters. The van der Waals surface area contributed by atoms with E-state index >= 15 is 0 Å². The highest BCUT2D eigenvalue weighted by Crippen LogP contribution is 2.49. The van der Waals surface area contributed by atoms with E-state index in [9.17, 15) is 0 Å². The van der Waals surface area contributed by atoms with E-state index in [0.29, 0.717) is 0 Å². The molecule has 0 amide bonds. The monoisotopic (exact) mass is 616 g/mol. The Labute approximate surface area is 276 Å². The molecule has 2 nitrogen and oxygen atoms in total. The van der Waals surface area contributed by atoms with Gasteiger partial charge in [0.1, 0.15) is 0 Å². The van der Waals surface area contributed by atoms with Crippen molar-refractivity contribution in [2.75, 3.05) is 4.90 Å². The van der Waals surface area contributed by atoms with Gasteiger partial charge in [-0.2, -0.15) is 0 Å². The first-order valence-corrected chi connectivity index (χ1v) is 16.8. The molecule has 0 aliphatic carbocycles. The van der Waals surface area contributed by atoms with Crippen molar-refractivity contribution in [3.05, 3.63) is 170 Å². The fourth-order valence-electron chi connectivity index (χ4n) is 7.48. The van der Waals surface area contributed by atoms with Crippen molar-refractivity contribution in [1.82, 2.24) is 4.57 Å². The standard InChI is InChI=1S/C44H28N2S/c1-3-15-31(16-4-1)45(32-17-5-2-6-18-32)34-25-26-40-38(28-34)42-41-37-21-11-12-22-39(37)46(33-24-23-29-13-7-8-14-30(29)27-33)43(41)35-19-9-10-20-36(35)44(42)47-40/h1-28H. The van der Waals surface area contributed by atoms with E-state index in [4.69, 9.17) is 0 Å². The number of fused-ring (bicyclic) bond motifs is 11. The Balaban J connectivity index is 1.35. The topological polar surface area (TPSA) is 8.17 Å². The first kappa shape index (κ1) is 26.3. The van der Waals surface area contributed by atoms with Crippen LogP contribution in [0.15, 0.2) is 170 Å². The summed E-state index contributed by atoms with van der Waals surface area (Å²) >= 11 is 1.91. The Hall–Kier alpha value is -5.90. The van der Waals surface area contributed by atoms with Crippen LogP contribution in [0.5, 0.6) is 0 Å². The predicted octanol–water partition coefficient (Wildman–Crippen LogP) is 12.9. The van der Waals surface area contributed by atoms with E-state index < -0.39 is 0 Å². The number of anilines is 3. The molecule has 0 radical (unpaired) electrons. The van der Waals surface area contributed by atoms with Crippen LogP contribution in [0.4, 0.5) is 17.1 Å². The molecule has 0 saturated carbocycles. The van der Waals surface area contributed by atoms with Gasteiger partial charge >= 0.3 is 0 Å². The molecule has 0 N–H and O–H groups in total. The summed E-state index contributed by atoms with van der Waals surface area (Å²) in [6.45, 7) is 0. The van der Waals surface area contributed by atoms with Gasteiger partial charge in [0.2, 0.25) is 0 Å². The first-order valence-electron chi connectivity index (χ1n) is 16.0. The van der Waals surface area contributed by atoms with Crippen molar-refractivity contribution in [2.24, 2.45) is 0 Å². The van der Waals surface area contributed by atoms with E-state index in [-0.39, 0.29) is 0 Å². The van der Waals surface area contributed by atoms with Crippen LogP contribution in [0.2, 0.25) is 0 Å². The Bertz CT molecular complexity index is 2750. The zero-order valence-electron chi connectivity index (χ0n) is 25.5. The fraction of sp³-hybridized carbons (Fsp3) is 0. The lowest BCUT2D eigenvalue weighted by molar-refractivity contribution is 1.19. The second-order valence-corrected chi connectivity index (χ2v) is 13.2. The molecule has 0 fully saturated rings. The van der Waals surface area contributed by atoms with Crippen molar-refractivity contribution < 1.29 is 0 Å². The quantitative estimate of drug-likeness (QED) is 0.191. The molecule has 10 aromatic rings. The molecular formula is C44H28N2S. The molecule has 47 heavy (non-hydrogen) atoms. The number of nitrogens with zero attached hydrogens (tertiary/aromatic N) is 2. The summed E-state index contributed by atoms with van der Waals surface area (Å²) in [5.74, 6) is 0. The molecule has 220 valence electrons. The third-order valence-corrected chi connectivity index (χ3v) is 10.7. The average Bonchev–Trinajstić information content (AvgIpc) is 3.69. The summed E-state index contributed by atoms with van der Waals surface area (Å²) in [5, 5.41) is 10.3. The summed E-state index contributed by atoms with van der Waals surface area (Å²) in [5.41, 5.74) is 7.09. The second-order valence-electron chi connectivity index (χ2n) is 12.1. The molecule has 10 rings (SSSR count). The highest BCUT2D eigenvalue weighted by molar-refractivity contribution is 7.27. The van der Waals surface area contributed by atoms with E-state index in [0.717, 1.165) is 17.1 Å². The third-order valence-electron chi connectivity index (χ3n) is 9.50. The van der Waals surface area contributed by atoms with Crippen LogP contribution in [0.1, 0.15) is 0 Å². The summed E-state index contributed by atoms with van der Waals surface area (Å²) in [4.78, 5) is 2.36. The smallest absolute Gasteiger partial charge is 0.0626 e. The largest absolute Gasteiger partial charge is 0.310 e. The van der Waals surface area contributed by atoms with Crippen LogP contribution in [-0.2, 0) is 0 Å². The van der Waals surface area contributed by atoms with Crippen LogP contribution in [0.3, 0.4) is 0 Å². The van der Waals surface area contributed by atoms with Crippen molar-refractivity contribution >= 4 is 91.9 Å². The molecule has 0 bridgehead atoms. The van der Waals surface area contributed by atoms with Gasteiger partial charge in [-0.3, -0.25) is 0 Å². The van der Waals surface area contributed by atoms with E-state index in [1.807, 2.05) is 11.3 Å². The van der Waals surface area contributed by atoms with Crippen molar-refractivity contribution in [1.29, 1.82) is 0 Å². The number of aromatic nitrogens is 1. The zero-order valence-corrected chi connectivity index (χ0v) is 26.3. The summed E-state index contributed by atoms with van der Waals surface area (Å²) < 4.78 is 5.13. The molecule has 2 aromatic heterocycles. The van der Waals surface area contributed by atoms with Crippen LogP contribution in [0.25, 0.3) is 69.2 Å². The molecule has 3 heteroatoms. The molecule has 2 heterocycles. The summed E-state index contributed by atoms with van der Waals surface area (Å²) in [6.07, 6.45) is 0. The van der Waals surface area contributed by atoms with Gasteiger partial charge in [-0.05, 0) is 71.4 Å². The minimum Gasteiger partial charge on any atom is -0.310 e. The molecule has 8 aromatic carbocycles. The van der Waals surface area contributed by atoms with Crippen LogP contribution in [-0.4, -0.2) is 4.57 Å². The fourth-order valence-corrected chi connectivity index (χ4v) is 8.71. The lowest BCUT2D eigenvalue weighted by atomic mass is 9.99. The molecule has 0 aliphatic heterocycles. The van der Waals surface area contributed by atoms with Gasteiger partial charge < -0.3 is 9.47 Å². The first-order chi connectivity index (χ1) is 23.3. The molecular weight excluding hydrogens is 589 g/mol. The molecule has 0 aliphatic rings. The number of thiophene rings is 1. The highest BCUT2D eigenvalue weighted by atomic mass is 32.1. The zero-order chi connectivity index (χ0) is 30.9. The normalized spacial score (nSPS) is 11.8. The summed E-state index contributed by atoms with van der Waals surface area (Å²) in [7, 11) is 0. The maximum Gasteiger partial charge on any atom is 0.0626 e. The van der Waals surface area contributed by atoms with Gasteiger partial charge in [0.05, 0.1) is 11.0 Å². The SMILES string of the molecule is c1ccc(N(c2ccccc2)c2ccc3sc4c5ccccc5c5c(c6ccccc6n5-c5ccc6ccccc6c5)c4c3c2)cc1. The maximum absolute atomic E-state index is 2.49.